The van der Waals surface area contributed by atoms with E-state index in [1.165, 1.54) is 25.3 Å². The van der Waals surface area contributed by atoms with E-state index in [9.17, 15) is 9.18 Å². The quantitative estimate of drug-likeness (QED) is 0.331. The van der Waals surface area contributed by atoms with Crippen LogP contribution in [0.4, 0.5) is 9.18 Å². The van der Waals surface area contributed by atoms with Gasteiger partial charge < -0.3 is 20.1 Å². The van der Waals surface area contributed by atoms with Gasteiger partial charge in [0.25, 0.3) is 5.91 Å². The summed E-state index contributed by atoms with van der Waals surface area (Å²) in [6.07, 6.45) is 7.90. The van der Waals surface area contributed by atoms with Gasteiger partial charge in [-0.25, -0.2) is 9.18 Å². The minimum atomic E-state index is -1.83. The average molecular weight is 478 g/mol. The van der Waals surface area contributed by atoms with Crippen molar-refractivity contribution in [2.75, 3.05) is 6.54 Å². The molecule has 0 atom stereocenters. The van der Waals surface area contributed by atoms with Crippen LogP contribution in [0.5, 0.6) is 0 Å². The summed E-state index contributed by atoms with van der Waals surface area (Å²) in [5.41, 5.74) is 1.62. The number of nitrogens with zero attached hydrogens (tertiary/aromatic N) is 2. The molecule has 2 heterocycles. The zero-order valence-corrected chi connectivity index (χ0v) is 19.3. The van der Waals surface area contributed by atoms with E-state index in [0.717, 1.165) is 34.7 Å². The molecule has 1 saturated carbocycles. The van der Waals surface area contributed by atoms with Crippen LogP contribution in [-0.2, 0) is 6.54 Å². The molecule has 4 aromatic rings. The van der Waals surface area contributed by atoms with Crippen molar-refractivity contribution in [3.63, 3.8) is 0 Å². The number of carbonyl (C=O) groups excluding carboxylic acids is 1. The van der Waals surface area contributed by atoms with Gasteiger partial charge in [0.1, 0.15) is 5.82 Å². The standard InChI is InChI=1S/C26H26FN3O.CH2O3/c27-23-11-10-19-12-13-30(17-22-14-20-8-4-5-9-21(20)16-28-22)25(19)24(23)26(31)29-15-18-6-2-1-3-7-18;2-1(3)4/h4-5,8-14,16,18H,1-3,6-7,15,17H2,(H,29,31);(H2,2,3,4). The molecular weight excluding hydrogens is 449 g/mol. The number of aromatic nitrogens is 2. The van der Waals surface area contributed by atoms with E-state index in [4.69, 9.17) is 15.0 Å². The van der Waals surface area contributed by atoms with Crippen LogP contribution < -0.4 is 5.32 Å². The molecule has 2 aromatic carbocycles. The van der Waals surface area contributed by atoms with Crippen molar-refractivity contribution in [3.05, 3.63) is 78.0 Å². The summed E-state index contributed by atoms with van der Waals surface area (Å²) < 4.78 is 16.8. The lowest BCUT2D eigenvalue weighted by molar-refractivity contribution is 0.0940. The Morgan fingerprint density at radius 3 is 2.46 bits per heavy atom. The average Bonchev–Trinajstić information content (AvgIpc) is 3.25. The monoisotopic (exact) mass is 477 g/mol. The van der Waals surface area contributed by atoms with Gasteiger partial charge >= 0.3 is 6.16 Å². The second-order valence-corrected chi connectivity index (χ2v) is 8.82. The molecule has 0 saturated heterocycles. The first-order valence-corrected chi connectivity index (χ1v) is 11.7. The Morgan fingerprint density at radius 1 is 1.00 bits per heavy atom. The number of rotatable bonds is 5. The molecule has 1 aliphatic carbocycles. The van der Waals surface area contributed by atoms with Crippen molar-refractivity contribution >= 4 is 33.7 Å². The highest BCUT2D eigenvalue weighted by molar-refractivity contribution is 6.06. The Hall–Kier alpha value is -3.94. The lowest BCUT2D eigenvalue weighted by atomic mass is 9.89. The highest BCUT2D eigenvalue weighted by atomic mass is 19.1. The number of carbonyl (C=O) groups is 2. The zero-order valence-electron chi connectivity index (χ0n) is 19.3. The van der Waals surface area contributed by atoms with Gasteiger partial charge in [0, 0.05) is 29.7 Å². The zero-order chi connectivity index (χ0) is 24.8. The normalized spacial score (nSPS) is 13.9. The molecule has 1 amide bonds. The van der Waals surface area contributed by atoms with E-state index >= 15 is 0 Å². The summed E-state index contributed by atoms with van der Waals surface area (Å²) in [5, 5.41) is 20.0. The van der Waals surface area contributed by atoms with Gasteiger partial charge in [-0.15, -0.1) is 0 Å². The molecule has 0 unspecified atom stereocenters. The molecule has 5 rings (SSSR count). The van der Waals surface area contributed by atoms with Crippen LogP contribution in [0, 0.1) is 11.7 Å². The molecule has 7 nitrogen and oxygen atoms in total. The SMILES string of the molecule is O=C(NCC1CCCCC1)c1c(F)ccc2ccn(Cc3cc4ccccc4cn3)c12.O=C(O)O. The predicted molar refractivity (Wildman–Crippen MR) is 132 cm³/mol. The number of nitrogens with one attached hydrogen (secondary N) is 1. The van der Waals surface area contributed by atoms with Gasteiger partial charge in [-0.2, -0.15) is 0 Å². The minimum Gasteiger partial charge on any atom is -0.450 e. The molecule has 2 aromatic heterocycles. The summed E-state index contributed by atoms with van der Waals surface area (Å²) in [6.45, 7) is 1.09. The number of hydrogen-bond acceptors (Lipinski definition) is 3. The van der Waals surface area contributed by atoms with Crippen molar-refractivity contribution in [3.8, 4) is 0 Å². The Bertz CT molecular complexity index is 1340. The van der Waals surface area contributed by atoms with Crippen molar-refractivity contribution < 1.29 is 24.2 Å². The summed E-state index contributed by atoms with van der Waals surface area (Å²) in [5.74, 6) is -0.325. The molecule has 3 N–H and O–H groups in total. The smallest absolute Gasteiger partial charge is 0.450 e. The van der Waals surface area contributed by atoms with Gasteiger partial charge in [0.05, 0.1) is 23.3 Å². The van der Waals surface area contributed by atoms with Crippen molar-refractivity contribution in [1.82, 2.24) is 14.9 Å². The van der Waals surface area contributed by atoms with Gasteiger partial charge in [-0.3, -0.25) is 9.78 Å². The number of halogens is 1. The van der Waals surface area contributed by atoms with Crippen LogP contribution in [0.3, 0.4) is 0 Å². The number of fused-ring (bicyclic) bond motifs is 2. The molecule has 35 heavy (non-hydrogen) atoms. The second kappa shape index (κ2) is 11.0. The van der Waals surface area contributed by atoms with E-state index < -0.39 is 12.0 Å². The minimum absolute atomic E-state index is 0.124. The molecule has 0 aliphatic heterocycles. The topological polar surface area (TPSA) is 104 Å². The van der Waals surface area contributed by atoms with E-state index in [1.54, 1.807) is 6.07 Å². The van der Waals surface area contributed by atoms with Crippen LogP contribution in [0.1, 0.15) is 48.2 Å². The van der Waals surface area contributed by atoms with Gasteiger partial charge in [0.2, 0.25) is 0 Å². The van der Waals surface area contributed by atoms with Crippen molar-refractivity contribution in [1.29, 1.82) is 0 Å². The number of carboxylic acid groups (broad SMARTS) is 2. The molecule has 182 valence electrons. The van der Waals surface area contributed by atoms with Crippen molar-refractivity contribution in [2.45, 2.75) is 38.6 Å². The number of amides is 1. The highest BCUT2D eigenvalue weighted by Crippen LogP contribution is 2.26. The number of hydrogen-bond donors (Lipinski definition) is 3. The molecular formula is C27H28FN3O4. The third-order valence-electron chi connectivity index (χ3n) is 6.40. The summed E-state index contributed by atoms with van der Waals surface area (Å²) >= 11 is 0. The van der Waals surface area contributed by atoms with E-state index in [0.29, 0.717) is 24.5 Å². The fourth-order valence-corrected chi connectivity index (χ4v) is 4.73. The van der Waals surface area contributed by atoms with Gasteiger partial charge in [0.15, 0.2) is 0 Å². The third kappa shape index (κ3) is 5.95. The van der Waals surface area contributed by atoms with Crippen LogP contribution in [-0.4, -0.2) is 38.4 Å². The maximum Gasteiger partial charge on any atom is 0.503 e. The third-order valence-corrected chi connectivity index (χ3v) is 6.40. The van der Waals surface area contributed by atoms with Crippen LogP contribution in [0.25, 0.3) is 21.7 Å². The molecule has 8 heteroatoms. The largest absolute Gasteiger partial charge is 0.503 e. The maximum absolute atomic E-state index is 14.9. The number of pyridine rings is 1. The fourth-order valence-electron chi connectivity index (χ4n) is 4.73. The van der Waals surface area contributed by atoms with E-state index in [1.807, 2.05) is 47.3 Å². The molecule has 1 aliphatic rings. The Balaban J connectivity index is 0.000000672. The van der Waals surface area contributed by atoms with Gasteiger partial charge in [-0.1, -0.05) is 43.5 Å². The molecule has 0 spiro atoms. The fraction of sp³-hybridized carbons (Fsp3) is 0.296. The first-order chi connectivity index (χ1) is 16.9. The summed E-state index contributed by atoms with van der Waals surface area (Å²) in [6, 6.07) is 15.2. The first kappa shape index (κ1) is 24.2. The van der Waals surface area contributed by atoms with E-state index in [2.05, 4.69) is 16.4 Å². The number of benzene rings is 2. The molecule has 0 radical (unpaired) electrons. The highest BCUT2D eigenvalue weighted by Gasteiger charge is 2.21. The lowest BCUT2D eigenvalue weighted by Crippen LogP contribution is -2.31. The summed E-state index contributed by atoms with van der Waals surface area (Å²) in [4.78, 5) is 26.1. The Labute approximate surface area is 202 Å². The molecule has 0 bridgehead atoms. The van der Waals surface area contributed by atoms with Gasteiger partial charge in [-0.05, 0) is 48.4 Å². The Kier molecular flexibility index (Phi) is 7.60. The van der Waals surface area contributed by atoms with Crippen LogP contribution >= 0.6 is 0 Å². The Morgan fingerprint density at radius 2 is 1.71 bits per heavy atom. The van der Waals surface area contributed by atoms with E-state index in [-0.39, 0.29) is 11.5 Å². The molecule has 1 fully saturated rings. The maximum atomic E-state index is 14.9. The lowest BCUT2D eigenvalue weighted by Gasteiger charge is -2.22. The summed E-state index contributed by atoms with van der Waals surface area (Å²) in [7, 11) is 0. The van der Waals surface area contributed by atoms with Crippen LogP contribution in [0.2, 0.25) is 0 Å². The predicted octanol–water partition coefficient (Wildman–Crippen LogP) is 5.91. The second-order valence-electron chi connectivity index (χ2n) is 8.82. The first-order valence-electron chi connectivity index (χ1n) is 11.7. The van der Waals surface area contributed by atoms with Crippen LogP contribution in [0.15, 0.2) is 60.9 Å². The van der Waals surface area contributed by atoms with Crippen molar-refractivity contribution in [2.24, 2.45) is 5.92 Å².